The highest BCUT2D eigenvalue weighted by atomic mass is 15.2. The first-order valence-corrected chi connectivity index (χ1v) is 4.72. The first-order chi connectivity index (χ1) is 5.25. The smallest absolute Gasteiger partial charge is 0.0235 e. The lowest BCUT2D eigenvalue weighted by atomic mass is 10.0. The number of hydrogen-bond donors (Lipinski definition) is 1. The summed E-state index contributed by atoms with van der Waals surface area (Å²) in [6.07, 6.45) is 1.38. The van der Waals surface area contributed by atoms with Crippen molar-refractivity contribution in [2.24, 2.45) is 0 Å². The molecule has 0 saturated carbocycles. The van der Waals surface area contributed by atoms with Crippen LogP contribution in [-0.2, 0) is 0 Å². The van der Waals surface area contributed by atoms with Crippen LogP contribution in [0.15, 0.2) is 0 Å². The Hall–Kier alpha value is -0.0800. The summed E-state index contributed by atoms with van der Waals surface area (Å²) in [5.41, 5.74) is 0. The molecular weight excluding hydrogens is 136 g/mol. The number of rotatable bonds is 4. The summed E-state index contributed by atoms with van der Waals surface area (Å²) in [4.78, 5) is 2.56. The van der Waals surface area contributed by atoms with Gasteiger partial charge in [-0.15, -0.1) is 0 Å². The average Bonchev–Trinajstić information content (AvgIpc) is 1.84. The number of likely N-dealkylation sites (N-methyl/N-ethyl adjacent to an activating group) is 1. The van der Waals surface area contributed by atoms with Crippen LogP contribution in [0.4, 0.5) is 0 Å². The molecule has 1 heterocycles. The molecule has 11 heavy (non-hydrogen) atoms. The van der Waals surface area contributed by atoms with Gasteiger partial charge in [0.1, 0.15) is 0 Å². The van der Waals surface area contributed by atoms with Gasteiger partial charge in [0.2, 0.25) is 0 Å². The van der Waals surface area contributed by atoms with Crippen LogP contribution < -0.4 is 5.32 Å². The molecule has 2 nitrogen and oxygen atoms in total. The van der Waals surface area contributed by atoms with Crippen LogP contribution in [0.3, 0.4) is 0 Å². The SMILES string of the molecule is CCNCC1CCN1C(C)C.[HH]. The van der Waals surface area contributed by atoms with Crippen molar-refractivity contribution >= 4 is 0 Å². The van der Waals surface area contributed by atoms with Gasteiger partial charge in [0, 0.05) is 26.6 Å². The van der Waals surface area contributed by atoms with E-state index >= 15 is 0 Å². The Balaban J connectivity index is 0.00000121. The molecule has 0 aliphatic carbocycles. The highest BCUT2D eigenvalue weighted by Gasteiger charge is 2.28. The van der Waals surface area contributed by atoms with Gasteiger partial charge in [0.05, 0.1) is 0 Å². The first-order valence-electron chi connectivity index (χ1n) is 4.72. The Bertz CT molecular complexity index is 117. The number of hydrogen-bond acceptors (Lipinski definition) is 2. The fourth-order valence-corrected chi connectivity index (χ4v) is 1.67. The topological polar surface area (TPSA) is 15.3 Å². The monoisotopic (exact) mass is 158 g/mol. The number of likely N-dealkylation sites (tertiary alicyclic amines) is 1. The molecule has 0 aromatic heterocycles. The van der Waals surface area contributed by atoms with Crippen molar-refractivity contribution in [1.29, 1.82) is 0 Å². The third-order valence-electron chi connectivity index (χ3n) is 2.48. The maximum atomic E-state index is 3.39. The van der Waals surface area contributed by atoms with E-state index in [1.165, 1.54) is 19.5 Å². The molecule has 0 bridgehead atoms. The van der Waals surface area contributed by atoms with E-state index in [1.54, 1.807) is 0 Å². The molecular formula is C9H22N2. The zero-order chi connectivity index (χ0) is 8.27. The molecule has 1 aliphatic rings. The van der Waals surface area contributed by atoms with Crippen LogP contribution in [0.5, 0.6) is 0 Å². The van der Waals surface area contributed by atoms with Crippen molar-refractivity contribution in [3.63, 3.8) is 0 Å². The van der Waals surface area contributed by atoms with E-state index in [0.29, 0.717) is 0 Å². The van der Waals surface area contributed by atoms with Crippen molar-refractivity contribution in [3.05, 3.63) is 0 Å². The molecule has 68 valence electrons. The van der Waals surface area contributed by atoms with Gasteiger partial charge in [0.15, 0.2) is 0 Å². The van der Waals surface area contributed by atoms with Crippen molar-refractivity contribution in [1.82, 2.24) is 10.2 Å². The second-order valence-electron chi connectivity index (χ2n) is 3.58. The van der Waals surface area contributed by atoms with E-state index < -0.39 is 0 Å². The molecule has 0 radical (unpaired) electrons. The molecule has 0 amide bonds. The van der Waals surface area contributed by atoms with Crippen molar-refractivity contribution in [2.45, 2.75) is 39.3 Å². The largest absolute Gasteiger partial charge is 0.315 e. The van der Waals surface area contributed by atoms with E-state index in [0.717, 1.165) is 18.6 Å². The average molecular weight is 158 g/mol. The zero-order valence-corrected chi connectivity index (χ0v) is 7.93. The van der Waals surface area contributed by atoms with E-state index in [2.05, 4.69) is 31.0 Å². The van der Waals surface area contributed by atoms with Crippen LogP contribution in [-0.4, -0.2) is 36.6 Å². The van der Waals surface area contributed by atoms with Crippen molar-refractivity contribution in [2.75, 3.05) is 19.6 Å². The molecule has 2 heteroatoms. The van der Waals surface area contributed by atoms with E-state index in [9.17, 15) is 0 Å². The first kappa shape index (κ1) is 9.01. The molecule has 0 spiro atoms. The summed E-state index contributed by atoms with van der Waals surface area (Å²) in [7, 11) is 0. The minimum absolute atomic E-state index is 0. The Labute approximate surface area is 71.4 Å². The minimum atomic E-state index is 0. The van der Waals surface area contributed by atoms with Crippen LogP contribution in [0.25, 0.3) is 0 Å². The van der Waals surface area contributed by atoms with Gasteiger partial charge < -0.3 is 5.32 Å². The number of nitrogens with zero attached hydrogens (tertiary/aromatic N) is 1. The summed E-state index contributed by atoms with van der Waals surface area (Å²) < 4.78 is 0. The third-order valence-corrected chi connectivity index (χ3v) is 2.48. The summed E-state index contributed by atoms with van der Waals surface area (Å²) in [6, 6.07) is 1.54. The van der Waals surface area contributed by atoms with E-state index in [4.69, 9.17) is 0 Å². The second kappa shape index (κ2) is 4.07. The second-order valence-corrected chi connectivity index (χ2v) is 3.58. The Morgan fingerprint density at radius 1 is 1.64 bits per heavy atom. The lowest BCUT2D eigenvalue weighted by molar-refractivity contribution is 0.0569. The van der Waals surface area contributed by atoms with Gasteiger partial charge in [0.25, 0.3) is 0 Å². The fourth-order valence-electron chi connectivity index (χ4n) is 1.67. The van der Waals surface area contributed by atoms with Gasteiger partial charge in [-0.05, 0) is 26.8 Å². The minimum Gasteiger partial charge on any atom is -0.315 e. The highest BCUT2D eigenvalue weighted by molar-refractivity contribution is 4.86. The number of nitrogens with one attached hydrogen (secondary N) is 1. The van der Waals surface area contributed by atoms with Crippen LogP contribution in [0, 0.1) is 0 Å². The molecule has 0 aromatic carbocycles. The standard InChI is InChI=1S/C9H20N2.H2/c1-4-10-7-9-5-6-11(9)8(2)3;/h8-10H,4-7H2,1-3H3;1H. The van der Waals surface area contributed by atoms with Gasteiger partial charge in [-0.2, -0.15) is 0 Å². The summed E-state index contributed by atoms with van der Waals surface area (Å²) in [5.74, 6) is 0. The highest BCUT2D eigenvalue weighted by Crippen LogP contribution is 2.19. The van der Waals surface area contributed by atoms with E-state index in [1.807, 2.05) is 0 Å². The summed E-state index contributed by atoms with van der Waals surface area (Å²) >= 11 is 0. The molecule has 1 N–H and O–H groups in total. The predicted octanol–water partition coefficient (Wildman–Crippen LogP) is 1.32. The normalized spacial score (nSPS) is 25.6. The van der Waals surface area contributed by atoms with Gasteiger partial charge in [-0.3, -0.25) is 4.90 Å². The Kier molecular flexibility index (Phi) is 3.34. The third kappa shape index (κ3) is 2.17. The lowest BCUT2D eigenvalue weighted by Crippen LogP contribution is -2.55. The molecule has 1 aliphatic heterocycles. The summed E-state index contributed by atoms with van der Waals surface area (Å²) in [5, 5.41) is 3.39. The lowest BCUT2D eigenvalue weighted by Gasteiger charge is -2.44. The van der Waals surface area contributed by atoms with E-state index in [-0.39, 0.29) is 1.43 Å². The Morgan fingerprint density at radius 2 is 2.36 bits per heavy atom. The maximum Gasteiger partial charge on any atom is 0.0235 e. The molecule has 1 rings (SSSR count). The van der Waals surface area contributed by atoms with Crippen molar-refractivity contribution in [3.8, 4) is 0 Å². The molecule has 0 aromatic rings. The predicted molar refractivity (Wildman–Crippen MR) is 50.9 cm³/mol. The Morgan fingerprint density at radius 3 is 2.73 bits per heavy atom. The molecule has 1 fully saturated rings. The van der Waals surface area contributed by atoms with Crippen molar-refractivity contribution < 1.29 is 1.43 Å². The van der Waals surface area contributed by atoms with Gasteiger partial charge in [-0.25, -0.2) is 0 Å². The molecule has 1 unspecified atom stereocenters. The fraction of sp³-hybridized carbons (Fsp3) is 1.00. The van der Waals surface area contributed by atoms with Crippen LogP contribution in [0.2, 0.25) is 0 Å². The van der Waals surface area contributed by atoms with Crippen LogP contribution in [0.1, 0.15) is 28.6 Å². The maximum absolute atomic E-state index is 3.39. The molecule has 1 saturated heterocycles. The van der Waals surface area contributed by atoms with Crippen LogP contribution >= 0.6 is 0 Å². The van der Waals surface area contributed by atoms with Gasteiger partial charge >= 0.3 is 0 Å². The quantitative estimate of drug-likeness (QED) is 0.664. The molecule has 1 atom stereocenters. The van der Waals surface area contributed by atoms with Gasteiger partial charge in [-0.1, -0.05) is 6.92 Å². The summed E-state index contributed by atoms with van der Waals surface area (Å²) in [6.45, 7) is 10.3. The zero-order valence-electron chi connectivity index (χ0n) is 7.93.